The molecule has 0 bridgehead atoms. The Morgan fingerprint density at radius 2 is 1.72 bits per heavy atom. The number of aromatic nitrogens is 2. The zero-order valence-corrected chi connectivity index (χ0v) is 22.1. The maximum absolute atomic E-state index is 14.5. The van der Waals surface area contributed by atoms with E-state index >= 15 is 0 Å². The molecule has 39 heavy (non-hydrogen) atoms. The normalized spacial score (nSPS) is 20.5. The predicted molar refractivity (Wildman–Crippen MR) is 140 cm³/mol. The summed E-state index contributed by atoms with van der Waals surface area (Å²) < 4.78 is 57.8. The fraction of sp³-hybridized carbons (Fsp3) is 0.429. The number of anilines is 2. The Labute approximate surface area is 228 Å². The Balaban J connectivity index is 1.31. The van der Waals surface area contributed by atoms with E-state index in [2.05, 4.69) is 5.10 Å². The summed E-state index contributed by atoms with van der Waals surface area (Å²) in [6, 6.07) is 9.34. The van der Waals surface area contributed by atoms with Crippen LogP contribution in [-0.2, 0) is 12.7 Å². The molecule has 0 N–H and O–H groups in total. The van der Waals surface area contributed by atoms with E-state index in [1.165, 1.54) is 23.1 Å². The third-order valence-corrected chi connectivity index (χ3v) is 8.30. The second-order valence-corrected chi connectivity index (χ2v) is 10.9. The second-order valence-electron chi connectivity index (χ2n) is 10.5. The standard InChI is InChI=1S/C28H28ClF4N5O/c1-17-21-16-37(19-9-10-19)34-26(21)36(15-18-5-2-3-6-22(18)28(31,32)33)27(39)38(17)20-11-13-35(14-12-20)25-23(29)7-4-8-24(25)30/h2-8,16-17,19-20H,9-15H2,1H3/t17-/m1/s1. The van der Waals surface area contributed by atoms with Gasteiger partial charge in [-0.1, -0.05) is 35.9 Å². The zero-order valence-electron chi connectivity index (χ0n) is 21.3. The lowest BCUT2D eigenvalue weighted by Gasteiger charge is -2.46. The topological polar surface area (TPSA) is 44.6 Å². The van der Waals surface area contributed by atoms with E-state index in [1.54, 1.807) is 23.1 Å². The highest BCUT2D eigenvalue weighted by Gasteiger charge is 2.44. The average molecular weight is 562 g/mol. The summed E-state index contributed by atoms with van der Waals surface area (Å²) in [6.45, 7) is 2.69. The van der Waals surface area contributed by atoms with Crippen molar-refractivity contribution in [2.75, 3.05) is 22.9 Å². The lowest BCUT2D eigenvalue weighted by atomic mass is 9.97. The molecular formula is C28H28ClF4N5O. The second kappa shape index (κ2) is 9.73. The van der Waals surface area contributed by atoms with Gasteiger partial charge in [0.15, 0.2) is 5.82 Å². The van der Waals surface area contributed by atoms with Gasteiger partial charge in [0.1, 0.15) is 5.82 Å². The third-order valence-electron chi connectivity index (χ3n) is 8.00. The van der Waals surface area contributed by atoms with Crippen LogP contribution in [0.4, 0.5) is 33.9 Å². The van der Waals surface area contributed by atoms with Gasteiger partial charge in [-0.3, -0.25) is 9.58 Å². The molecule has 6 rings (SSSR count). The number of benzene rings is 2. The largest absolute Gasteiger partial charge is 0.416 e. The number of piperidine rings is 1. The number of alkyl halides is 3. The lowest BCUT2D eigenvalue weighted by molar-refractivity contribution is -0.138. The minimum Gasteiger partial charge on any atom is -0.368 e. The highest BCUT2D eigenvalue weighted by atomic mass is 35.5. The monoisotopic (exact) mass is 561 g/mol. The molecule has 6 nitrogen and oxygen atoms in total. The molecule has 3 aromatic rings. The molecule has 3 heterocycles. The third kappa shape index (κ3) is 4.73. The minimum absolute atomic E-state index is 0.0174. The van der Waals surface area contributed by atoms with Crippen molar-refractivity contribution in [3.8, 4) is 0 Å². The summed E-state index contributed by atoms with van der Waals surface area (Å²) in [5.74, 6) is 0.0261. The number of nitrogens with zero attached hydrogens (tertiary/aromatic N) is 5. The van der Waals surface area contributed by atoms with Gasteiger partial charge in [0.05, 0.1) is 34.9 Å². The predicted octanol–water partition coefficient (Wildman–Crippen LogP) is 7.20. The van der Waals surface area contributed by atoms with Crippen LogP contribution in [0.5, 0.6) is 0 Å². The van der Waals surface area contributed by atoms with Gasteiger partial charge in [-0.25, -0.2) is 9.18 Å². The maximum Gasteiger partial charge on any atom is 0.416 e. The maximum atomic E-state index is 14.5. The first-order valence-corrected chi connectivity index (χ1v) is 13.5. The van der Waals surface area contributed by atoms with Crippen molar-refractivity contribution in [1.82, 2.24) is 14.7 Å². The first-order chi connectivity index (χ1) is 18.6. The fourth-order valence-electron chi connectivity index (χ4n) is 5.85. The van der Waals surface area contributed by atoms with Gasteiger partial charge in [-0.2, -0.15) is 18.3 Å². The van der Waals surface area contributed by atoms with Crippen LogP contribution in [0.1, 0.15) is 61.4 Å². The molecular weight excluding hydrogens is 534 g/mol. The summed E-state index contributed by atoms with van der Waals surface area (Å²) in [6.07, 6.45) is 0.508. The SMILES string of the molecule is C[C@@H]1c2cn(C3CC3)nc2N(Cc2ccccc2C(F)(F)F)C(=O)N1C1CCN(c2c(F)cccc2Cl)CC1. The Bertz CT molecular complexity index is 1380. The number of rotatable bonds is 5. The molecule has 3 aliphatic rings. The van der Waals surface area contributed by atoms with Gasteiger partial charge in [0.25, 0.3) is 0 Å². The highest BCUT2D eigenvalue weighted by molar-refractivity contribution is 6.33. The molecule has 2 aliphatic heterocycles. The molecule has 1 saturated carbocycles. The number of carbonyl (C=O) groups excluding carboxylic acids is 1. The number of urea groups is 1. The van der Waals surface area contributed by atoms with E-state index in [0.29, 0.717) is 42.5 Å². The number of fused-ring (bicyclic) bond motifs is 1. The quantitative estimate of drug-likeness (QED) is 0.309. The lowest BCUT2D eigenvalue weighted by Crippen LogP contribution is -2.55. The van der Waals surface area contributed by atoms with E-state index < -0.39 is 17.6 Å². The summed E-state index contributed by atoms with van der Waals surface area (Å²) in [5.41, 5.74) is 0.435. The van der Waals surface area contributed by atoms with E-state index in [1.807, 2.05) is 22.7 Å². The molecule has 1 aliphatic carbocycles. The van der Waals surface area contributed by atoms with Crippen molar-refractivity contribution >= 4 is 29.1 Å². The molecule has 1 saturated heterocycles. The Morgan fingerprint density at radius 1 is 1.00 bits per heavy atom. The van der Waals surface area contributed by atoms with Gasteiger partial charge in [-0.05, 0) is 56.4 Å². The summed E-state index contributed by atoms with van der Waals surface area (Å²) in [4.78, 5) is 19.1. The van der Waals surface area contributed by atoms with E-state index in [9.17, 15) is 22.4 Å². The first-order valence-electron chi connectivity index (χ1n) is 13.2. The van der Waals surface area contributed by atoms with Crippen LogP contribution in [0.25, 0.3) is 0 Å². The summed E-state index contributed by atoms with van der Waals surface area (Å²) in [5, 5.41) is 5.02. The first kappa shape index (κ1) is 26.0. The number of hydrogen-bond donors (Lipinski definition) is 0. The molecule has 0 spiro atoms. The molecule has 2 amide bonds. The van der Waals surface area contributed by atoms with Gasteiger partial charge < -0.3 is 9.80 Å². The van der Waals surface area contributed by atoms with Crippen LogP contribution in [0.3, 0.4) is 0 Å². The van der Waals surface area contributed by atoms with Crippen LogP contribution >= 0.6 is 11.6 Å². The van der Waals surface area contributed by atoms with Crippen molar-refractivity contribution in [2.24, 2.45) is 0 Å². The van der Waals surface area contributed by atoms with Crippen LogP contribution in [0.15, 0.2) is 48.7 Å². The van der Waals surface area contributed by atoms with E-state index in [-0.39, 0.29) is 36.3 Å². The minimum atomic E-state index is -4.54. The summed E-state index contributed by atoms with van der Waals surface area (Å²) >= 11 is 6.28. The smallest absolute Gasteiger partial charge is 0.368 e. The van der Waals surface area contributed by atoms with E-state index in [4.69, 9.17) is 11.6 Å². The number of amides is 2. The van der Waals surface area contributed by atoms with Gasteiger partial charge in [-0.15, -0.1) is 0 Å². The van der Waals surface area contributed by atoms with Crippen molar-refractivity contribution in [2.45, 2.75) is 63.5 Å². The molecule has 206 valence electrons. The molecule has 1 aromatic heterocycles. The molecule has 0 radical (unpaired) electrons. The number of para-hydroxylation sites is 1. The van der Waals surface area contributed by atoms with Crippen LogP contribution in [0, 0.1) is 5.82 Å². The Hall–Kier alpha value is -3.27. The number of carbonyl (C=O) groups is 1. The van der Waals surface area contributed by atoms with E-state index in [0.717, 1.165) is 24.5 Å². The Morgan fingerprint density at radius 3 is 2.38 bits per heavy atom. The van der Waals surface area contributed by atoms with Crippen molar-refractivity contribution in [3.63, 3.8) is 0 Å². The van der Waals surface area contributed by atoms with Crippen molar-refractivity contribution in [1.29, 1.82) is 0 Å². The molecule has 2 fully saturated rings. The van der Waals surface area contributed by atoms with Crippen molar-refractivity contribution in [3.05, 3.63) is 76.2 Å². The average Bonchev–Trinajstić information content (AvgIpc) is 3.65. The molecule has 0 unspecified atom stereocenters. The zero-order chi connectivity index (χ0) is 27.5. The van der Waals surface area contributed by atoms with Crippen LogP contribution in [0.2, 0.25) is 5.02 Å². The van der Waals surface area contributed by atoms with Crippen LogP contribution < -0.4 is 9.80 Å². The van der Waals surface area contributed by atoms with Gasteiger partial charge in [0.2, 0.25) is 0 Å². The number of halogens is 5. The molecule has 11 heteroatoms. The molecule has 1 atom stereocenters. The van der Waals surface area contributed by atoms with Gasteiger partial charge >= 0.3 is 12.2 Å². The van der Waals surface area contributed by atoms with Crippen LogP contribution in [-0.4, -0.2) is 39.8 Å². The highest BCUT2D eigenvalue weighted by Crippen LogP contribution is 2.44. The summed E-state index contributed by atoms with van der Waals surface area (Å²) in [7, 11) is 0. The Kier molecular flexibility index (Phi) is 6.48. The molecule has 2 aromatic carbocycles. The van der Waals surface area contributed by atoms with Crippen molar-refractivity contribution < 1.29 is 22.4 Å². The fourth-order valence-corrected chi connectivity index (χ4v) is 6.13. The number of hydrogen-bond acceptors (Lipinski definition) is 3. The van der Waals surface area contributed by atoms with Gasteiger partial charge in [0, 0.05) is 30.9 Å².